The number of aliphatic hydroxyl groups excluding tert-OH is 3. The Balaban J connectivity index is 2.12. The first-order valence-corrected chi connectivity index (χ1v) is 11.2. The molecule has 174 valence electrons. The summed E-state index contributed by atoms with van der Waals surface area (Å²) in [5.74, 6) is -3.25. The first kappa shape index (κ1) is 26.9. The summed E-state index contributed by atoms with van der Waals surface area (Å²) in [5.41, 5.74) is 0. The summed E-state index contributed by atoms with van der Waals surface area (Å²) in [6, 6.07) is 0. The van der Waals surface area contributed by atoms with Crippen molar-refractivity contribution in [2.24, 2.45) is 0 Å². The van der Waals surface area contributed by atoms with Crippen molar-refractivity contribution in [3.8, 4) is 0 Å². The molecule has 0 amide bonds. The summed E-state index contributed by atoms with van der Waals surface area (Å²) >= 11 is 0. The fourth-order valence-corrected chi connectivity index (χ4v) is 3.12. The molecule has 1 aliphatic heterocycles. The number of ketones is 2. The van der Waals surface area contributed by atoms with Crippen molar-refractivity contribution in [3.63, 3.8) is 0 Å². The van der Waals surface area contributed by atoms with Gasteiger partial charge in [0.1, 0.15) is 6.10 Å². The highest BCUT2D eigenvalue weighted by atomic mass is 16.6. The minimum atomic E-state index is -1.99. The van der Waals surface area contributed by atoms with Crippen LogP contribution in [0.4, 0.5) is 0 Å². The molecule has 31 heavy (non-hydrogen) atoms. The predicted molar refractivity (Wildman–Crippen MR) is 117 cm³/mol. The molecular formula is C24H36O7. The zero-order valence-electron chi connectivity index (χ0n) is 18.3. The molecule has 2 unspecified atom stereocenters. The average molecular weight is 437 g/mol. The first-order chi connectivity index (χ1) is 14.9. The molecule has 0 bridgehead atoms. The van der Waals surface area contributed by atoms with Gasteiger partial charge in [0.05, 0.1) is 0 Å². The van der Waals surface area contributed by atoms with Crippen molar-refractivity contribution in [2.75, 3.05) is 0 Å². The Kier molecular flexibility index (Phi) is 13.6. The fourth-order valence-electron chi connectivity index (χ4n) is 3.12. The van der Waals surface area contributed by atoms with E-state index < -0.39 is 42.0 Å². The molecule has 7 heteroatoms. The normalized spacial score (nSPS) is 21.4. The second-order valence-corrected chi connectivity index (χ2v) is 7.69. The van der Waals surface area contributed by atoms with Gasteiger partial charge in [0.25, 0.3) is 0 Å². The number of allylic oxidation sites excluding steroid dienone is 6. The van der Waals surface area contributed by atoms with Crippen LogP contribution >= 0.6 is 0 Å². The maximum Gasteiger partial charge on any atom is 0.343 e. The lowest BCUT2D eigenvalue weighted by Gasteiger charge is -2.17. The molecule has 0 aromatic carbocycles. The van der Waals surface area contributed by atoms with Gasteiger partial charge in [-0.2, -0.15) is 0 Å². The Labute approximate surface area is 184 Å². The predicted octanol–water partition coefficient (Wildman–Crippen LogP) is 2.72. The summed E-state index contributed by atoms with van der Waals surface area (Å²) < 4.78 is 4.51. The van der Waals surface area contributed by atoms with Gasteiger partial charge in [-0.3, -0.25) is 9.59 Å². The van der Waals surface area contributed by atoms with Gasteiger partial charge in [-0.05, 0) is 44.9 Å². The fraction of sp³-hybridized carbons (Fsp3) is 0.625. The van der Waals surface area contributed by atoms with E-state index in [1.54, 1.807) is 0 Å². The molecule has 7 nitrogen and oxygen atoms in total. The lowest BCUT2D eigenvalue weighted by molar-refractivity contribution is -0.156. The van der Waals surface area contributed by atoms with Gasteiger partial charge in [-0.1, -0.05) is 62.6 Å². The van der Waals surface area contributed by atoms with Gasteiger partial charge in [0.2, 0.25) is 11.9 Å². The molecule has 0 aromatic rings. The van der Waals surface area contributed by atoms with E-state index in [-0.39, 0.29) is 6.42 Å². The second kappa shape index (κ2) is 15.7. The Morgan fingerprint density at radius 2 is 1.48 bits per heavy atom. The number of hydrogen-bond donors (Lipinski definition) is 3. The second-order valence-electron chi connectivity index (χ2n) is 7.69. The van der Waals surface area contributed by atoms with Gasteiger partial charge in [-0.25, -0.2) is 4.79 Å². The largest absolute Gasteiger partial charge is 0.449 e. The monoisotopic (exact) mass is 436 g/mol. The van der Waals surface area contributed by atoms with Gasteiger partial charge in [0.15, 0.2) is 18.0 Å². The van der Waals surface area contributed by atoms with E-state index >= 15 is 0 Å². The van der Waals surface area contributed by atoms with E-state index in [2.05, 4.69) is 42.0 Å². The van der Waals surface area contributed by atoms with Crippen LogP contribution in [0.3, 0.4) is 0 Å². The SMILES string of the molecule is CCCCCC=CCC=CCC=CCCCCC(O)C(=O)[C@H](O)[C@H]1OC(=O)C(O)C1=O. The van der Waals surface area contributed by atoms with E-state index in [0.717, 1.165) is 32.1 Å². The molecule has 1 heterocycles. The summed E-state index contributed by atoms with van der Waals surface area (Å²) in [4.78, 5) is 34.7. The van der Waals surface area contributed by atoms with Crippen LogP contribution < -0.4 is 0 Å². The maximum absolute atomic E-state index is 12.0. The van der Waals surface area contributed by atoms with Crippen LogP contribution in [0.5, 0.6) is 0 Å². The maximum atomic E-state index is 12.0. The average Bonchev–Trinajstić information content (AvgIpc) is 3.02. The van der Waals surface area contributed by atoms with E-state index in [9.17, 15) is 29.7 Å². The summed E-state index contributed by atoms with van der Waals surface area (Å²) in [5, 5.41) is 29.0. The molecule has 0 aliphatic carbocycles. The molecule has 1 saturated heterocycles. The first-order valence-electron chi connectivity index (χ1n) is 11.2. The van der Waals surface area contributed by atoms with E-state index in [4.69, 9.17) is 0 Å². The molecule has 1 fully saturated rings. The van der Waals surface area contributed by atoms with Gasteiger partial charge >= 0.3 is 5.97 Å². The number of unbranched alkanes of at least 4 members (excludes halogenated alkanes) is 5. The van der Waals surface area contributed by atoms with Crippen molar-refractivity contribution >= 4 is 17.5 Å². The standard InChI is InChI=1S/C24H36O7/c1-2-3-4-5-6-7-8-9-10-11-12-13-14-15-16-17-18(25)19(26)20(27)23-21(28)22(29)24(30)31-23/h6-7,9-10,12-13,18,20,22-23,25,27,29H,2-5,8,11,14-17H2,1H3/t18?,20-,22?,23+/m0/s1. The number of Topliss-reactive ketones (excluding diaryl/α,β-unsaturated/α-hetero) is 2. The van der Waals surface area contributed by atoms with E-state index in [0.29, 0.717) is 6.42 Å². The van der Waals surface area contributed by atoms with Crippen molar-refractivity contribution in [1.29, 1.82) is 0 Å². The zero-order valence-corrected chi connectivity index (χ0v) is 18.3. The van der Waals surface area contributed by atoms with Gasteiger partial charge in [0, 0.05) is 0 Å². The molecule has 1 rings (SSSR count). The quantitative estimate of drug-likeness (QED) is 0.147. The Morgan fingerprint density at radius 1 is 0.935 bits per heavy atom. The lowest BCUT2D eigenvalue weighted by Crippen LogP contribution is -2.44. The van der Waals surface area contributed by atoms with Crippen molar-refractivity contribution < 1.29 is 34.4 Å². The van der Waals surface area contributed by atoms with Gasteiger partial charge < -0.3 is 20.1 Å². The van der Waals surface area contributed by atoms with Crippen LogP contribution in [0, 0.1) is 0 Å². The van der Waals surface area contributed by atoms with Gasteiger partial charge in [-0.15, -0.1) is 0 Å². The van der Waals surface area contributed by atoms with Crippen molar-refractivity contribution in [1.82, 2.24) is 0 Å². The molecule has 3 N–H and O–H groups in total. The van der Waals surface area contributed by atoms with Crippen molar-refractivity contribution in [3.05, 3.63) is 36.5 Å². The molecule has 0 radical (unpaired) electrons. The number of rotatable bonds is 16. The van der Waals surface area contributed by atoms with Crippen LogP contribution in [0.1, 0.15) is 71.1 Å². The number of carbonyl (C=O) groups is 3. The Bertz CT molecular complexity index is 650. The third-order valence-corrected chi connectivity index (χ3v) is 5.04. The number of hydrogen-bond acceptors (Lipinski definition) is 7. The van der Waals surface area contributed by atoms with Crippen LogP contribution in [0.2, 0.25) is 0 Å². The summed E-state index contributed by atoms with van der Waals surface area (Å²) in [6.07, 6.45) is 14.6. The topological polar surface area (TPSA) is 121 Å². The lowest BCUT2D eigenvalue weighted by atomic mass is 9.98. The molecular weight excluding hydrogens is 400 g/mol. The number of carbonyl (C=O) groups excluding carboxylic acids is 3. The summed E-state index contributed by atoms with van der Waals surface area (Å²) in [7, 11) is 0. The van der Waals surface area contributed by atoms with Crippen LogP contribution in [0.25, 0.3) is 0 Å². The zero-order chi connectivity index (χ0) is 23.1. The minimum absolute atomic E-state index is 0.131. The number of esters is 1. The highest BCUT2D eigenvalue weighted by Crippen LogP contribution is 2.17. The number of cyclic esters (lactones) is 1. The Hall–Kier alpha value is -2.09. The highest BCUT2D eigenvalue weighted by Gasteiger charge is 2.48. The Morgan fingerprint density at radius 3 is 2.00 bits per heavy atom. The van der Waals surface area contributed by atoms with Crippen LogP contribution in [-0.2, 0) is 19.1 Å². The number of ether oxygens (including phenoxy) is 1. The van der Waals surface area contributed by atoms with Crippen molar-refractivity contribution in [2.45, 2.75) is 95.5 Å². The third kappa shape index (κ3) is 10.2. The third-order valence-electron chi connectivity index (χ3n) is 5.04. The number of aliphatic hydroxyl groups is 3. The van der Waals surface area contributed by atoms with E-state index in [1.165, 1.54) is 19.3 Å². The van der Waals surface area contributed by atoms with E-state index in [1.807, 2.05) is 6.08 Å². The van der Waals surface area contributed by atoms with Crippen LogP contribution in [-0.4, -0.2) is 57.3 Å². The van der Waals surface area contributed by atoms with Crippen LogP contribution in [0.15, 0.2) is 36.5 Å². The molecule has 4 atom stereocenters. The molecule has 0 saturated carbocycles. The molecule has 0 aromatic heterocycles. The highest BCUT2D eigenvalue weighted by molar-refractivity contribution is 6.11. The summed E-state index contributed by atoms with van der Waals surface area (Å²) in [6.45, 7) is 2.20. The molecule has 1 aliphatic rings. The smallest absolute Gasteiger partial charge is 0.343 e. The minimum Gasteiger partial charge on any atom is -0.449 e. The molecule has 0 spiro atoms.